The smallest absolute Gasteiger partial charge is 0.252 e. The van der Waals surface area contributed by atoms with E-state index in [9.17, 15) is 14.0 Å². The van der Waals surface area contributed by atoms with Crippen molar-refractivity contribution in [3.63, 3.8) is 0 Å². The van der Waals surface area contributed by atoms with Crippen LogP contribution in [0.25, 0.3) is 0 Å². The fourth-order valence-corrected chi connectivity index (χ4v) is 2.23. The number of aromatic nitrogens is 2. The summed E-state index contributed by atoms with van der Waals surface area (Å²) < 4.78 is 15.5. The molecule has 20 heavy (non-hydrogen) atoms. The van der Waals surface area contributed by atoms with Crippen LogP contribution in [-0.4, -0.2) is 21.5 Å². The minimum Gasteiger partial charge on any atom is -0.348 e. The van der Waals surface area contributed by atoms with E-state index < -0.39 is 5.82 Å². The molecule has 2 heterocycles. The van der Waals surface area contributed by atoms with Gasteiger partial charge in [0.1, 0.15) is 5.82 Å². The first-order valence-electron chi connectivity index (χ1n) is 6.28. The largest absolute Gasteiger partial charge is 0.348 e. The maximum Gasteiger partial charge on any atom is 0.252 e. The Morgan fingerprint density at radius 1 is 1.45 bits per heavy atom. The molecule has 6 heteroatoms. The monoisotopic (exact) mass is 273 g/mol. The Kier molecular flexibility index (Phi) is 2.85. The van der Waals surface area contributed by atoms with Gasteiger partial charge in [-0.05, 0) is 19.1 Å². The summed E-state index contributed by atoms with van der Waals surface area (Å²) in [5, 5.41) is 6.55. The Morgan fingerprint density at radius 2 is 2.25 bits per heavy atom. The van der Waals surface area contributed by atoms with E-state index in [0.29, 0.717) is 17.7 Å². The Labute approximate surface area is 114 Å². The zero-order chi connectivity index (χ0) is 14.3. The summed E-state index contributed by atoms with van der Waals surface area (Å²) in [6, 6.07) is 2.61. The SMILES string of the molecule is CCn1cc(C(=O)c2cc(F)c3c(c2)C(=O)NC3)cn1. The number of amides is 1. The van der Waals surface area contributed by atoms with Gasteiger partial charge in [0.15, 0.2) is 5.78 Å². The van der Waals surface area contributed by atoms with Crippen LogP contribution in [0.4, 0.5) is 4.39 Å². The summed E-state index contributed by atoms with van der Waals surface area (Å²) in [4.78, 5) is 23.9. The summed E-state index contributed by atoms with van der Waals surface area (Å²) >= 11 is 0. The summed E-state index contributed by atoms with van der Waals surface area (Å²) in [6.07, 6.45) is 3.05. The molecule has 1 amide bonds. The molecule has 1 aliphatic rings. The maximum absolute atomic E-state index is 13.9. The van der Waals surface area contributed by atoms with Gasteiger partial charge >= 0.3 is 0 Å². The Morgan fingerprint density at radius 3 is 2.95 bits per heavy atom. The average Bonchev–Trinajstić information content (AvgIpc) is 3.05. The molecule has 3 rings (SSSR count). The van der Waals surface area contributed by atoms with Gasteiger partial charge in [0, 0.05) is 36.0 Å². The lowest BCUT2D eigenvalue weighted by Crippen LogP contribution is -2.12. The molecule has 0 radical (unpaired) electrons. The third-order valence-electron chi connectivity index (χ3n) is 3.35. The Bertz CT molecular complexity index is 721. The molecule has 2 aromatic rings. The molecule has 1 aromatic heterocycles. The van der Waals surface area contributed by atoms with E-state index in [0.717, 1.165) is 0 Å². The van der Waals surface area contributed by atoms with Crippen molar-refractivity contribution >= 4 is 11.7 Å². The number of halogens is 1. The average molecular weight is 273 g/mol. The summed E-state index contributed by atoms with van der Waals surface area (Å²) in [7, 11) is 0. The molecule has 0 saturated heterocycles. The molecular formula is C14H12FN3O2. The highest BCUT2D eigenvalue weighted by Gasteiger charge is 2.25. The van der Waals surface area contributed by atoms with Gasteiger partial charge in [-0.1, -0.05) is 0 Å². The number of carbonyl (C=O) groups is 2. The van der Waals surface area contributed by atoms with Crippen LogP contribution in [0.1, 0.15) is 38.8 Å². The molecule has 0 bridgehead atoms. The van der Waals surface area contributed by atoms with Gasteiger partial charge in [-0.2, -0.15) is 5.10 Å². The number of nitrogens with zero attached hydrogens (tertiary/aromatic N) is 2. The molecular weight excluding hydrogens is 261 g/mol. The van der Waals surface area contributed by atoms with Crippen LogP contribution in [0.3, 0.4) is 0 Å². The van der Waals surface area contributed by atoms with E-state index >= 15 is 0 Å². The van der Waals surface area contributed by atoms with E-state index in [1.165, 1.54) is 18.3 Å². The molecule has 1 aliphatic heterocycles. The van der Waals surface area contributed by atoms with Crippen LogP contribution in [0.5, 0.6) is 0 Å². The van der Waals surface area contributed by atoms with E-state index in [-0.39, 0.29) is 29.4 Å². The molecule has 0 fully saturated rings. The molecule has 0 atom stereocenters. The highest BCUT2D eigenvalue weighted by atomic mass is 19.1. The number of fused-ring (bicyclic) bond motifs is 1. The van der Waals surface area contributed by atoms with Gasteiger partial charge in [-0.3, -0.25) is 14.3 Å². The third-order valence-corrected chi connectivity index (χ3v) is 3.35. The minimum absolute atomic E-state index is 0.161. The van der Waals surface area contributed by atoms with E-state index in [2.05, 4.69) is 10.4 Å². The normalized spacial score (nSPS) is 13.2. The van der Waals surface area contributed by atoms with Gasteiger partial charge in [-0.25, -0.2) is 4.39 Å². The molecule has 0 aliphatic carbocycles. The van der Waals surface area contributed by atoms with Crippen molar-refractivity contribution in [3.05, 3.63) is 52.6 Å². The molecule has 0 spiro atoms. The second-order valence-corrected chi connectivity index (χ2v) is 4.58. The van der Waals surface area contributed by atoms with Gasteiger partial charge in [0.25, 0.3) is 5.91 Å². The van der Waals surface area contributed by atoms with Crippen molar-refractivity contribution in [1.82, 2.24) is 15.1 Å². The molecule has 1 aromatic carbocycles. The number of aryl methyl sites for hydroxylation is 1. The number of rotatable bonds is 3. The quantitative estimate of drug-likeness (QED) is 0.862. The number of ketones is 1. The lowest BCUT2D eigenvalue weighted by Gasteiger charge is -2.03. The zero-order valence-corrected chi connectivity index (χ0v) is 10.8. The van der Waals surface area contributed by atoms with Crippen LogP contribution < -0.4 is 5.32 Å². The van der Waals surface area contributed by atoms with Crippen molar-refractivity contribution in [2.24, 2.45) is 0 Å². The van der Waals surface area contributed by atoms with Crippen molar-refractivity contribution in [2.75, 3.05) is 0 Å². The van der Waals surface area contributed by atoms with E-state index in [1.54, 1.807) is 10.9 Å². The molecule has 0 saturated carbocycles. The van der Waals surface area contributed by atoms with Gasteiger partial charge in [0.05, 0.1) is 11.8 Å². The first-order valence-corrected chi connectivity index (χ1v) is 6.28. The number of hydrogen-bond donors (Lipinski definition) is 1. The van der Waals surface area contributed by atoms with Crippen molar-refractivity contribution in [1.29, 1.82) is 0 Å². The van der Waals surface area contributed by atoms with Crippen LogP contribution >= 0.6 is 0 Å². The summed E-state index contributed by atoms with van der Waals surface area (Å²) in [6.45, 7) is 2.72. The van der Waals surface area contributed by atoms with Gasteiger partial charge in [0.2, 0.25) is 0 Å². The third kappa shape index (κ3) is 1.89. The van der Waals surface area contributed by atoms with E-state index in [1.807, 2.05) is 6.92 Å². The van der Waals surface area contributed by atoms with Crippen LogP contribution in [0.2, 0.25) is 0 Å². The lowest BCUT2D eigenvalue weighted by atomic mass is 10.0. The molecule has 102 valence electrons. The van der Waals surface area contributed by atoms with Crippen molar-refractivity contribution in [2.45, 2.75) is 20.0 Å². The summed E-state index contributed by atoms with van der Waals surface area (Å²) in [5.74, 6) is -1.23. The van der Waals surface area contributed by atoms with Crippen molar-refractivity contribution < 1.29 is 14.0 Å². The first kappa shape index (κ1) is 12.5. The molecule has 1 N–H and O–H groups in total. The minimum atomic E-state index is -0.535. The van der Waals surface area contributed by atoms with Crippen LogP contribution in [0, 0.1) is 5.82 Å². The number of benzene rings is 1. The first-order chi connectivity index (χ1) is 9.60. The van der Waals surface area contributed by atoms with E-state index in [4.69, 9.17) is 0 Å². The highest BCUT2D eigenvalue weighted by Crippen LogP contribution is 2.22. The number of nitrogens with one attached hydrogen (secondary N) is 1. The lowest BCUT2D eigenvalue weighted by molar-refractivity contribution is 0.0965. The topological polar surface area (TPSA) is 64.0 Å². The fourth-order valence-electron chi connectivity index (χ4n) is 2.23. The van der Waals surface area contributed by atoms with Crippen LogP contribution in [-0.2, 0) is 13.1 Å². The highest BCUT2D eigenvalue weighted by molar-refractivity contribution is 6.10. The summed E-state index contributed by atoms with van der Waals surface area (Å²) in [5.41, 5.74) is 1.09. The van der Waals surface area contributed by atoms with Crippen LogP contribution in [0.15, 0.2) is 24.5 Å². The number of carbonyl (C=O) groups excluding carboxylic acids is 2. The zero-order valence-electron chi connectivity index (χ0n) is 10.8. The Balaban J connectivity index is 2.02. The van der Waals surface area contributed by atoms with Gasteiger partial charge < -0.3 is 5.32 Å². The fraction of sp³-hybridized carbons (Fsp3) is 0.214. The van der Waals surface area contributed by atoms with Crippen molar-refractivity contribution in [3.8, 4) is 0 Å². The van der Waals surface area contributed by atoms with Gasteiger partial charge in [-0.15, -0.1) is 0 Å². The second kappa shape index (κ2) is 4.56. The maximum atomic E-state index is 13.9. The predicted molar refractivity (Wildman–Crippen MR) is 68.9 cm³/mol. The Hall–Kier alpha value is -2.50. The standard InChI is InChI=1S/C14H12FN3O2/c1-2-18-7-9(5-17-18)13(19)8-3-10-11(12(15)4-8)6-16-14(10)20/h3-5,7H,2,6H2,1H3,(H,16,20). The second-order valence-electron chi connectivity index (χ2n) is 4.58. The molecule has 0 unspecified atom stereocenters. The molecule has 5 nitrogen and oxygen atoms in total. The predicted octanol–water partition coefficient (Wildman–Crippen LogP) is 1.52. The number of hydrogen-bond acceptors (Lipinski definition) is 3.